The van der Waals surface area contributed by atoms with Crippen LogP contribution in [0.2, 0.25) is 5.02 Å². The molecule has 0 bridgehead atoms. The minimum Gasteiger partial charge on any atom is -0.288 e. The predicted molar refractivity (Wildman–Crippen MR) is 114 cm³/mol. The summed E-state index contributed by atoms with van der Waals surface area (Å²) in [5.41, 5.74) is -0.0207. The van der Waals surface area contributed by atoms with Gasteiger partial charge < -0.3 is 0 Å². The topological polar surface area (TPSA) is 50.2 Å². The van der Waals surface area contributed by atoms with Gasteiger partial charge in [-0.1, -0.05) is 60.1 Å². The fourth-order valence-corrected chi connectivity index (χ4v) is 3.75. The quantitative estimate of drug-likeness (QED) is 0.357. The second kappa shape index (κ2) is 6.99. The number of fused-ring (bicyclic) bond motifs is 2. The lowest BCUT2D eigenvalue weighted by Crippen LogP contribution is -2.20. The Hall–Kier alpha value is -3.58. The molecule has 8 heteroatoms. The lowest BCUT2D eigenvalue weighted by molar-refractivity contribution is -0.141. The minimum atomic E-state index is -4.74. The van der Waals surface area contributed by atoms with E-state index in [0.29, 0.717) is 33.5 Å². The fraction of sp³-hybridized carbons (Fsp3) is 0.0435. The summed E-state index contributed by atoms with van der Waals surface area (Å²) in [4.78, 5) is 16.3. The molecule has 0 unspecified atom stereocenters. The highest BCUT2D eigenvalue weighted by Crippen LogP contribution is 2.37. The number of benzene rings is 3. The Morgan fingerprint density at radius 2 is 1.55 bits per heavy atom. The van der Waals surface area contributed by atoms with E-state index >= 15 is 0 Å². The maximum absolute atomic E-state index is 13.4. The van der Waals surface area contributed by atoms with Gasteiger partial charge in [-0.15, -0.1) is 0 Å². The number of H-pyrrole nitrogens is 1. The van der Waals surface area contributed by atoms with Gasteiger partial charge in [0.2, 0.25) is 0 Å². The van der Waals surface area contributed by atoms with E-state index in [4.69, 9.17) is 11.6 Å². The van der Waals surface area contributed by atoms with Crippen LogP contribution < -0.4 is 5.56 Å². The third kappa shape index (κ3) is 3.37. The Balaban J connectivity index is 1.88. The van der Waals surface area contributed by atoms with Crippen LogP contribution in [-0.4, -0.2) is 14.6 Å². The lowest BCUT2D eigenvalue weighted by Gasteiger charge is -2.08. The smallest absolute Gasteiger partial charge is 0.288 e. The first-order valence-corrected chi connectivity index (χ1v) is 9.67. The highest BCUT2D eigenvalue weighted by Gasteiger charge is 2.34. The van der Waals surface area contributed by atoms with Gasteiger partial charge in [0.15, 0.2) is 11.3 Å². The van der Waals surface area contributed by atoms with Crippen LogP contribution in [0.15, 0.2) is 77.6 Å². The molecule has 1 N–H and O–H groups in total. The molecule has 154 valence electrons. The molecular weight excluding hydrogens is 427 g/mol. The number of nitrogens with zero attached hydrogens (tertiary/aromatic N) is 2. The van der Waals surface area contributed by atoms with Gasteiger partial charge in [-0.3, -0.25) is 9.89 Å². The molecule has 0 radical (unpaired) electrons. The fourth-order valence-electron chi connectivity index (χ4n) is 3.63. The molecule has 0 spiro atoms. The third-order valence-corrected chi connectivity index (χ3v) is 5.33. The van der Waals surface area contributed by atoms with Gasteiger partial charge in [0.05, 0.1) is 11.3 Å². The average Bonchev–Trinajstić information content (AvgIpc) is 3.13. The monoisotopic (exact) mass is 439 g/mol. The minimum absolute atomic E-state index is 0.0972. The number of hydrogen-bond acceptors (Lipinski definition) is 2. The summed E-state index contributed by atoms with van der Waals surface area (Å²) in [7, 11) is 0. The summed E-state index contributed by atoms with van der Waals surface area (Å²) in [5.74, 6) is 0. The van der Waals surface area contributed by atoms with Crippen LogP contribution in [0.4, 0.5) is 13.2 Å². The number of nitrogens with one attached hydrogen (secondary N) is 1. The average molecular weight is 440 g/mol. The van der Waals surface area contributed by atoms with Gasteiger partial charge in [0.25, 0.3) is 5.56 Å². The number of halogens is 4. The van der Waals surface area contributed by atoms with Crippen LogP contribution in [0.3, 0.4) is 0 Å². The van der Waals surface area contributed by atoms with Crippen molar-refractivity contribution in [1.82, 2.24) is 14.6 Å². The molecule has 2 heterocycles. The van der Waals surface area contributed by atoms with Crippen molar-refractivity contribution in [3.05, 3.63) is 93.9 Å². The molecule has 0 saturated carbocycles. The summed E-state index contributed by atoms with van der Waals surface area (Å²) >= 11 is 5.99. The van der Waals surface area contributed by atoms with E-state index in [1.54, 1.807) is 30.3 Å². The van der Waals surface area contributed by atoms with Gasteiger partial charge in [-0.05, 0) is 34.5 Å². The number of hydrogen-bond donors (Lipinski definition) is 1. The summed E-state index contributed by atoms with van der Waals surface area (Å²) in [5, 5.41) is 5.34. The van der Waals surface area contributed by atoms with Crippen LogP contribution >= 0.6 is 11.6 Å². The van der Waals surface area contributed by atoms with Crippen molar-refractivity contribution in [2.45, 2.75) is 6.18 Å². The SMILES string of the molecule is O=c1cc(C(F)(F)F)nc2c(-c3ccc4ccccc4c3)c(-c3ccc(Cl)cc3)[nH]n12. The maximum atomic E-state index is 13.4. The van der Waals surface area contributed by atoms with Crippen molar-refractivity contribution >= 4 is 28.0 Å². The van der Waals surface area contributed by atoms with Crippen molar-refractivity contribution in [2.24, 2.45) is 0 Å². The van der Waals surface area contributed by atoms with Crippen LogP contribution in [0, 0.1) is 0 Å². The molecule has 0 aliphatic carbocycles. The zero-order valence-corrected chi connectivity index (χ0v) is 16.5. The third-order valence-electron chi connectivity index (χ3n) is 5.08. The Labute approximate surface area is 178 Å². The zero-order chi connectivity index (χ0) is 21.8. The second-order valence-electron chi connectivity index (χ2n) is 7.07. The number of aromatic amines is 1. The van der Waals surface area contributed by atoms with Crippen LogP contribution in [0.25, 0.3) is 38.8 Å². The Kier molecular flexibility index (Phi) is 4.37. The number of rotatable bonds is 2. The van der Waals surface area contributed by atoms with E-state index in [0.717, 1.165) is 15.3 Å². The van der Waals surface area contributed by atoms with Gasteiger partial charge in [-0.2, -0.15) is 13.2 Å². The van der Waals surface area contributed by atoms with E-state index in [1.165, 1.54) is 0 Å². The lowest BCUT2D eigenvalue weighted by atomic mass is 9.98. The Bertz CT molecular complexity index is 1500. The van der Waals surface area contributed by atoms with Crippen LogP contribution in [0.1, 0.15) is 5.69 Å². The van der Waals surface area contributed by atoms with Crippen molar-refractivity contribution in [1.29, 1.82) is 0 Å². The standard InChI is InChI=1S/C23H13ClF3N3O/c24-17-9-7-14(8-10-17)21-20(16-6-5-13-3-1-2-4-15(13)11-16)22-28-18(23(25,26)27)12-19(31)30(22)29-21/h1-12,29H. The molecule has 2 aromatic heterocycles. The highest BCUT2D eigenvalue weighted by atomic mass is 35.5. The summed E-state index contributed by atoms with van der Waals surface area (Å²) < 4.78 is 41.2. The van der Waals surface area contributed by atoms with Gasteiger partial charge in [0, 0.05) is 16.7 Å². The number of alkyl halides is 3. The molecule has 0 aliphatic heterocycles. The van der Waals surface area contributed by atoms with Crippen molar-refractivity contribution in [2.75, 3.05) is 0 Å². The van der Waals surface area contributed by atoms with Crippen LogP contribution in [-0.2, 0) is 6.18 Å². The van der Waals surface area contributed by atoms with E-state index < -0.39 is 17.4 Å². The molecule has 0 atom stereocenters. The largest absolute Gasteiger partial charge is 0.433 e. The number of aromatic nitrogens is 3. The summed E-state index contributed by atoms with van der Waals surface area (Å²) in [6.07, 6.45) is -4.74. The molecule has 3 aromatic carbocycles. The molecule has 0 saturated heterocycles. The van der Waals surface area contributed by atoms with E-state index in [-0.39, 0.29) is 5.65 Å². The second-order valence-corrected chi connectivity index (χ2v) is 7.50. The first kappa shape index (κ1) is 19.4. The molecule has 31 heavy (non-hydrogen) atoms. The summed E-state index contributed by atoms with van der Waals surface area (Å²) in [6.45, 7) is 0. The highest BCUT2D eigenvalue weighted by molar-refractivity contribution is 6.30. The Morgan fingerprint density at radius 1 is 0.871 bits per heavy atom. The van der Waals surface area contributed by atoms with Crippen molar-refractivity contribution < 1.29 is 13.2 Å². The molecule has 0 fully saturated rings. The Morgan fingerprint density at radius 3 is 2.26 bits per heavy atom. The molecule has 5 rings (SSSR count). The first-order chi connectivity index (χ1) is 14.8. The van der Waals surface area contributed by atoms with E-state index in [1.807, 2.05) is 36.4 Å². The normalized spacial score (nSPS) is 12.0. The van der Waals surface area contributed by atoms with Gasteiger partial charge in [0.1, 0.15) is 0 Å². The molecular formula is C23H13ClF3N3O. The molecule has 5 aromatic rings. The van der Waals surface area contributed by atoms with Crippen molar-refractivity contribution in [3.8, 4) is 22.4 Å². The van der Waals surface area contributed by atoms with Crippen molar-refractivity contribution in [3.63, 3.8) is 0 Å². The molecule has 0 amide bonds. The molecule has 4 nitrogen and oxygen atoms in total. The maximum Gasteiger partial charge on any atom is 0.433 e. The summed E-state index contributed by atoms with van der Waals surface area (Å²) in [6, 6.07) is 20.5. The van der Waals surface area contributed by atoms with Crippen LogP contribution in [0.5, 0.6) is 0 Å². The first-order valence-electron chi connectivity index (χ1n) is 9.29. The van der Waals surface area contributed by atoms with Gasteiger partial charge >= 0.3 is 6.18 Å². The zero-order valence-electron chi connectivity index (χ0n) is 15.7. The van der Waals surface area contributed by atoms with Gasteiger partial charge in [-0.25, -0.2) is 9.50 Å². The predicted octanol–water partition coefficient (Wildman–Crippen LogP) is 6.18. The van der Waals surface area contributed by atoms with E-state index in [9.17, 15) is 18.0 Å². The van der Waals surface area contributed by atoms with E-state index in [2.05, 4.69) is 10.1 Å². The molecule has 0 aliphatic rings.